The third kappa shape index (κ3) is 4.32. The maximum Gasteiger partial charge on any atom is 0.307 e. The molecule has 0 saturated carbocycles. The van der Waals surface area contributed by atoms with Gasteiger partial charge in [0.15, 0.2) is 0 Å². The Morgan fingerprint density at radius 3 is 2.62 bits per heavy atom. The Bertz CT molecular complexity index is 536. The third-order valence-corrected chi connectivity index (χ3v) is 4.19. The van der Waals surface area contributed by atoms with Gasteiger partial charge in [0.25, 0.3) is 0 Å². The van der Waals surface area contributed by atoms with Gasteiger partial charge in [-0.05, 0) is 45.1 Å². The standard InChI is InChI=1S/C19H24O2/c1-14(2)7-6-8-15-11-12-17(19(20)21)18(13-15)16-9-4-3-5-10-16/h3-5,7,9-11,17-18H,6,8,12-13H2,1-2H3,(H,20,21). The van der Waals surface area contributed by atoms with Gasteiger partial charge in [0.1, 0.15) is 0 Å². The van der Waals surface area contributed by atoms with Crippen molar-refractivity contribution in [3.63, 3.8) is 0 Å². The van der Waals surface area contributed by atoms with Crippen molar-refractivity contribution in [3.8, 4) is 0 Å². The molecule has 112 valence electrons. The summed E-state index contributed by atoms with van der Waals surface area (Å²) in [5.41, 5.74) is 3.89. The Hall–Kier alpha value is -1.83. The Balaban J connectivity index is 2.12. The Labute approximate surface area is 127 Å². The molecule has 1 N–H and O–H groups in total. The zero-order valence-corrected chi connectivity index (χ0v) is 12.9. The number of hydrogen-bond acceptors (Lipinski definition) is 1. The maximum absolute atomic E-state index is 11.5. The minimum Gasteiger partial charge on any atom is -0.481 e. The minimum absolute atomic E-state index is 0.107. The van der Waals surface area contributed by atoms with Crippen LogP contribution >= 0.6 is 0 Å². The molecule has 0 radical (unpaired) electrons. The van der Waals surface area contributed by atoms with E-state index in [1.807, 2.05) is 18.2 Å². The van der Waals surface area contributed by atoms with Gasteiger partial charge >= 0.3 is 5.97 Å². The van der Waals surface area contributed by atoms with E-state index in [0.717, 1.165) is 24.8 Å². The van der Waals surface area contributed by atoms with Crippen LogP contribution in [0.5, 0.6) is 0 Å². The first kappa shape index (κ1) is 15.6. The summed E-state index contributed by atoms with van der Waals surface area (Å²) in [6, 6.07) is 10.1. The summed E-state index contributed by atoms with van der Waals surface area (Å²) in [5.74, 6) is -0.863. The van der Waals surface area contributed by atoms with Gasteiger partial charge in [-0.1, -0.05) is 53.6 Å². The number of allylic oxidation sites excluding steroid dienone is 4. The van der Waals surface area contributed by atoms with Crippen LogP contribution < -0.4 is 0 Å². The molecule has 1 aliphatic rings. The highest BCUT2D eigenvalue weighted by Gasteiger charge is 2.31. The van der Waals surface area contributed by atoms with Crippen LogP contribution in [0.3, 0.4) is 0 Å². The van der Waals surface area contributed by atoms with Gasteiger partial charge in [-0.3, -0.25) is 4.79 Å². The average molecular weight is 284 g/mol. The summed E-state index contributed by atoms with van der Waals surface area (Å²) in [4.78, 5) is 11.5. The van der Waals surface area contributed by atoms with Crippen LogP contribution in [0.1, 0.15) is 51.0 Å². The molecule has 2 nitrogen and oxygen atoms in total. The van der Waals surface area contributed by atoms with Crippen LogP contribution in [0.25, 0.3) is 0 Å². The molecule has 2 unspecified atom stereocenters. The van der Waals surface area contributed by atoms with E-state index in [4.69, 9.17) is 0 Å². The molecule has 1 aliphatic carbocycles. The number of benzene rings is 1. The van der Waals surface area contributed by atoms with E-state index in [0.29, 0.717) is 6.42 Å². The predicted octanol–water partition coefficient (Wildman–Crippen LogP) is 4.94. The SMILES string of the molecule is CC(C)=CCCC1=CCC(C(=O)O)C(c2ccccc2)C1. The minimum atomic E-state index is -0.677. The number of carbonyl (C=O) groups is 1. The zero-order chi connectivity index (χ0) is 15.2. The van der Waals surface area contributed by atoms with Crippen molar-refractivity contribution in [2.45, 2.75) is 45.4 Å². The molecule has 2 atom stereocenters. The number of hydrogen-bond donors (Lipinski definition) is 1. The molecular formula is C19H24O2. The van der Waals surface area contributed by atoms with E-state index in [1.165, 1.54) is 11.1 Å². The molecule has 1 aromatic carbocycles. The number of carboxylic acid groups (broad SMARTS) is 1. The third-order valence-electron chi connectivity index (χ3n) is 4.19. The molecule has 21 heavy (non-hydrogen) atoms. The Kier molecular flexibility index (Phi) is 5.38. The molecule has 2 rings (SSSR count). The van der Waals surface area contributed by atoms with Crippen LogP contribution in [0.4, 0.5) is 0 Å². The number of carboxylic acids is 1. The normalized spacial score (nSPS) is 21.5. The Morgan fingerprint density at radius 1 is 1.29 bits per heavy atom. The fourth-order valence-corrected chi connectivity index (χ4v) is 3.04. The molecule has 0 fully saturated rings. The van der Waals surface area contributed by atoms with E-state index in [1.54, 1.807) is 0 Å². The largest absolute Gasteiger partial charge is 0.481 e. The van der Waals surface area contributed by atoms with E-state index in [9.17, 15) is 9.90 Å². The van der Waals surface area contributed by atoms with E-state index in [2.05, 4.69) is 38.1 Å². The summed E-state index contributed by atoms with van der Waals surface area (Å²) in [7, 11) is 0. The zero-order valence-electron chi connectivity index (χ0n) is 12.9. The van der Waals surface area contributed by atoms with Crippen molar-refractivity contribution in [2.24, 2.45) is 5.92 Å². The van der Waals surface area contributed by atoms with E-state index < -0.39 is 5.97 Å². The molecule has 0 spiro atoms. The lowest BCUT2D eigenvalue weighted by molar-refractivity contribution is -0.142. The van der Waals surface area contributed by atoms with Crippen LogP contribution in [0, 0.1) is 5.92 Å². The van der Waals surface area contributed by atoms with Crippen LogP contribution in [0.15, 0.2) is 53.6 Å². The fraction of sp³-hybridized carbons (Fsp3) is 0.421. The smallest absolute Gasteiger partial charge is 0.307 e. The molecular weight excluding hydrogens is 260 g/mol. The van der Waals surface area contributed by atoms with Crippen LogP contribution in [-0.2, 0) is 4.79 Å². The number of aliphatic carboxylic acids is 1. The molecule has 2 heteroatoms. The van der Waals surface area contributed by atoms with Gasteiger partial charge in [-0.25, -0.2) is 0 Å². The first-order chi connectivity index (χ1) is 10.1. The molecule has 0 heterocycles. The molecule has 0 aliphatic heterocycles. The summed E-state index contributed by atoms with van der Waals surface area (Å²) in [6.07, 6.45) is 8.02. The van der Waals surface area contributed by atoms with Crippen LogP contribution in [0.2, 0.25) is 0 Å². The van der Waals surface area contributed by atoms with Gasteiger partial charge in [0.05, 0.1) is 5.92 Å². The van der Waals surface area contributed by atoms with Gasteiger partial charge in [0, 0.05) is 5.92 Å². The van der Waals surface area contributed by atoms with Gasteiger partial charge < -0.3 is 5.11 Å². The van der Waals surface area contributed by atoms with Gasteiger partial charge in [-0.2, -0.15) is 0 Å². The van der Waals surface area contributed by atoms with E-state index >= 15 is 0 Å². The summed E-state index contributed by atoms with van der Waals surface area (Å²) >= 11 is 0. The maximum atomic E-state index is 11.5. The van der Waals surface area contributed by atoms with Crippen molar-refractivity contribution in [1.29, 1.82) is 0 Å². The molecule has 1 aromatic rings. The van der Waals surface area contributed by atoms with E-state index in [-0.39, 0.29) is 11.8 Å². The lowest BCUT2D eigenvalue weighted by Gasteiger charge is -2.29. The van der Waals surface area contributed by atoms with Crippen molar-refractivity contribution in [1.82, 2.24) is 0 Å². The second-order valence-electron chi connectivity index (χ2n) is 6.08. The highest BCUT2D eigenvalue weighted by molar-refractivity contribution is 5.72. The quantitative estimate of drug-likeness (QED) is 0.778. The van der Waals surface area contributed by atoms with Gasteiger partial charge in [-0.15, -0.1) is 0 Å². The Morgan fingerprint density at radius 2 is 2.00 bits per heavy atom. The topological polar surface area (TPSA) is 37.3 Å². The van der Waals surface area contributed by atoms with Gasteiger partial charge in [0.2, 0.25) is 0 Å². The molecule has 0 aromatic heterocycles. The highest BCUT2D eigenvalue weighted by atomic mass is 16.4. The predicted molar refractivity (Wildman–Crippen MR) is 86.3 cm³/mol. The van der Waals surface area contributed by atoms with Crippen molar-refractivity contribution in [3.05, 3.63) is 59.2 Å². The first-order valence-electron chi connectivity index (χ1n) is 7.67. The molecule has 0 bridgehead atoms. The van der Waals surface area contributed by atoms with Crippen molar-refractivity contribution >= 4 is 5.97 Å². The lowest BCUT2D eigenvalue weighted by atomic mass is 9.75. The average Bonchev–Trinajstić information content (AvgIpc) is 2.47. The fourth-order valence-electron chi connectivity index (χ4n) is 3.04. The molecule has 0 saturated heterocycles. The van der Waals surface area contributed by atoms with Crippen molar-refractivity contribution < 1.29 is 9.90 Å². The van der Waals surface area contributed by atoms with Crippen LogP contribution in [-0.4, -0.2) is 11.1 Å². The van der Waals surface area contributed by atoms with Crippen molar-refractivity contribution in [2.75, 3.05) is 0 Å². The summed E-state index contributed by atoms with van der Waals surface area (Å²) in [5, 5.41) is 9.47. The number of rotatable bonds is 5. The summed E-state index contributed by atoms with van der Waals surface area (Å²) in [6.45, 7) is 4.23. The monoisotopic (exact) mass is 284 g/mol. The summed E-state index contributed by atoms with van der Waals surface area (Å²) < 4.78 is 0. The lowest BCUT2D eigenvalue weighted by Crippen LogP contribution is -2.25. The second kappa shape index (κ2) is 7.26. The second-order valence-corrected chi connectivity index (χ2v) is 6.08. The first-order valence-corrected chi connectivity index (χ1v) is 7.67. The highest BCUT2D eigenvalue weighted by Crippen LogP contribution is 2.39. The molecule has 0 amide bonds.